The van der Waals surface area contributed by atoms with Gasteiger partial charge in [-0.25, -0.2) is 0 Å². The molecule has 1 aliphatic rings. The lowest BCUT2D eigenvalue weighted by Crippen LogP contribution is -2.53. The zero-order chi connectivity index (χ0) is 17.8. The first kappa shape index (κ1) is 18.0. The Hall–Kier alpha value is -1.85. The van der Waals surface area contributed by atoms with Gasteiger partial charge in [0.1, 0.15) is 0 Å². The topological polar surface area (TPSA) is 48.7 Å². The smallest absolute Gasteiger partial charge is 0.227 e. The van der Waals surface area contributed by atoms with Crippen LogP contribution < -0.4 is 0 Å². The number of aryl methyl sites for hydroxylation is 1. The van der Waals surface area contributed by atoms with E-state index in [0.29, 0.717) is 6.42 Å². The van der Waals surface area contributed by atoms with Crippen LogP contribution in [0.3, 0.4) is 0 Å². The van der Waals surface area contributed by atoms with E-state index in [9.17, 15) is 9.90 Å². The molecular weight excluding hydrogens is 314 g/mol. The van der Waals surface area contributed by atoms with Gasteiger partial charge in [0.2, 0.25) is 5.91 Å². The number of rotatable bonds is 6. The average molecular weight is 343 g/mol. The van der Waals surface area contributed by atoms with E-state index in [-0.39, 0.29) is 18.6 Å². The summed E-state index contributed by atoms with van der Waals surface area (Å²) in [5.41, 5.74) is 2.32. The molecule has 1 atom stereocenters. The molecule has 5 nitrogen and oxygen atoms in total. The van der Waals surface area contributed by atoms with Crippen LogP contribution in [0.5, 0.6) is 0 Å². The van der Waals surface area contributed by atoms with Gasteiger partial charge in [-0.15, -0.1) is 0 Å². The van der Waals surface area contributed by atoms with Crippen molar-refractivity contribution in [3.8, 4) is 0 Å². The van der Waals surface area contributed by atoms with Gasteiger partial charge in [0.15, 0.2) is 0 Å². The number of fused-ring (bicyclic) bond motifs is 1. The van der Waals surface area contributed by atoms with Gasteiger partial charge in [-0.3, -0.25) is 9.69 Å². The molecule has 0 aliphatic carbocycles. The van der Waals surface area contributed by atoms with E-state index in [1.807, 2.05) is 17.0 Å². The van der Waals surface area contributed by atoms with E-state index < -0.39 is 0 Å². The summed E-state index contributed by atoms with van der Waals surface area (Å²) in [6.07, 6.45) is 3.53. The summed E-state index contributed by atoms with van der Waals surface area (Å²) in [5.74, 6) is 0.204. The van der Waals surface area contributed by atoms with E-state index in [4.69, 9.17) is 0 Å². The van der Waals surface area contributed by atoms with E-state index in [0.717, 1.165) is 44.7 Å². The molecule has 1 amide bonds. The van der Waals surface area contributed by atoms with Crippen molar-refractivity contribution in [3.63, 3.8) is 0 Å². The third-order valence-electron chi connectivity index (χ3n) is 5.42. The highest BCUT2D eigenvalue weighted by molar-refractivity contribution is 5.89. The van der Waals surface area contributed by atoms with Crippen molar-refractivity contribution in [2.45, 2.75) is 39.3 Å². The van der Waals surface area contributed by atoms with Gasteiger partial charge in [-0.1, -0.05) is 25.1 Å². The number of hydrogen-bond donors (Lipinski definition) is 1. The molecule has 0 saturated carbocycles. The number of aliphatic hydroxyl groups is 1. The van der Waals surface area contributed by atoms with Crippen LogP contribution in [0.15, 0.2) is 30.5 Å². The van der Waals surface area contributed by atoms with Gasteiger partial charge >= 0.3 is 0 Å². The lowest BCUT2D eigenvalue weighted by Gasteiger charge is -2.38. The van der Waals surface area contributed by atoms with Crippen molar-refractivity contribution in [1.29, 1.82) is 0 Å². The maximum atomic E-state index is 12.8. The molecule has 1 unspecified atom stereocenters. The quantitative estimate of drug-likeness (QED) is 0.874. The second-order valence-electron chi connectivity index (χ2n) is 6.80. The van der Waals surface area contributed by atoms with Crippen molar-refractivity contribution < 1.29 is 9.90 Å². The molecule has 2 aromatic rings. The van der Waals surface area contributed by atoms with Gasteiger partial charge in [0.05, 0.1) is 13.0 Å². The van der Waals surface area contributed by atoms with E-state index in [1.54, 1.807) is 0 Å². The highest BCUT2D eigenvalue weighted by Crippen LogP contribution is 2.22. The fourth-order valence-corrected chi connectivity index (χ4v) is 3.84. The molecule has 1 aromatic carbocycles. The minimum absolute atomic E-state index is 0.195. The number of carbonyl (C=O) groups is 1. The van der Waals surface area contributed by atoms with Crippen LogP contribution >= 0.6 is 0 Å². The third kappa shape index (κ3) is 3.72. The van der Waals surface area contributed by atoms with Crippen LogP contribution in [0.25, 0.3) is 10.9 Å². The summed E-state index contributed by atoms with van der Waals surface area (Å²) in [7, 11) is 0. The van der Waals surface area contributed by atoms with Crippen LogP contribution in [0.1, 0.15) is 25.8 Å². The molecule has 5 heteroatoms. The van der Waals surface area contributed by atoms with Gasteiger partial charge in [-0.05, 0) is 25.0 Å². The van der Waals surface area contributed by atoms with Gasteiger partial charge in [0, 0.05) is 55.9 Å². The second kappa shape index (κ2) is 8.02. The molecule has 2 heterocycles. The number of carbonyl (C=O) groups excluding carboxylic acids is 1. The number of para-hydroxylation sites is 1. The average Bonchev–Trinajstić information content (AvgIpc) is 3.01. The Morgan fingerprint density at radius 3 is 2.52 bits per heavy atom. The van der Waals surface area contributed by atoms with Crippen LogP contribution in [-0.2, 0) is 17.8 Å². The molecule has 1 saturated heterocycles. The fourth-order valence-electron chi connectivity index (χ4n) is 3.84. The first-order valence-corrected chi connectivity index (χ1v) is 9.37. The number of aliphatic hydroxyl groups excluding tert-OH is 1. The lowest BCUT2D eigenvalue weighted by molar-refractivity contribution is -0.132. The van der Waals surface area contributed by atoms with Crippen molar-refractivity contribution in [3.05, 3.63) is 36.0 Å². The van der Waals surface area contributed by atoms with Crippen LogP contribution in [0.2, 0.25) is 0 Å². The largest absolute Gasteiger partial charge is 0.395 e. The first-order chi connectivity index (χ1) is 12.2. The predicted octanol–water partition coefficient (Wildman–Crippen LogP) is 2.12. The molecule has 0 radical (unpaired) electrons. The minimum Gasteiger partial charge on any atom is -0.395 e. The van der Waals surface area contributed by atoms with Crippen molar-refractivity contribution in [1.82, 2.24) is 14.4 Å². The van der Waals surface area contributed by atoms with Gasteiger partial charge in [-0.2, -0.15) is 0 Å². The molecule has 0 spiro atoms. The van der Waals surface area contributed by atoms with E-state index in [2.05, 4.69) is 41.6 Å². The minimum atomic E-state index is 0.195. The number of nitrogens with zero attached hydrogens (tertiary/aromatic N) is 3. The summed E-state index contributed by atoms with van der Waals surface area (Å²) < 4.78 is 2.21. The molecule has 1 fully saturated rings. The Kier molecular flexibility index (Phi) is 5.76. The van der Waals surface area contributed by atoms with E-state index >= 15 is 0 Å². The summed E-state index contributed by atoms with van der Waals surface area (Å²) in [6, 6.07) is 8.53. The molecule has 1 N–H and O–H groups in total. The summed E-state index contributed by atoms with van der Waals surface area (Å²) in [6.45, 7) is 8.53. The third-order valence-corrected chi connectivity index (χ3v) is 5.42. The number of piperazine rings is 1. The predicted molar refractivity (Wildman–Crippen MR) is 101 cm³/mol. The monoisotopic (exact) mass is 343 g/mol. The number of amides is 1. The Morgan fingerprint density at radius 2 is 1.88 bits per heavy atom. The first-order valence-electron chi connectivity index (χ1n) is 9.37. The number of aromatic nitrogens is 1. The molecule has 1 aromatic heterocycles. The van der Waals surface area contributed by atoms with Gasteiger partial charge in [0.25, 0.3) is 0 Å². The zero-order valence-corrected chi connectivity index (χ0v) is 15.3. The van der Waals surface area contributed by atoms with Crippen molar-refractivity contribution >= 4 is 16.8 Å². The summed E-state index contributed by atoms with van der Waals surface area (Å²) in [5, 5.41) is 10.6. The molecular formula is C20H29N3O2. The maximum Gasteiger partial charge on any atom is 0.227 e. The Bertz CT molecular complexity index is 713. The second-order valence-corrected chi connectivity index (χ2v) is 6.80. The van der Waals surface area contributed by atoms with Crippen LogP contribution in [0.4, 0.5) is 0 Å². The highest BCUT2D eigenvalue weighted by Gasteiger charge is 2.25. The number of hydrogen-bond acceptors (Lipinski definition) is 3. The molecule has 25 heavy (non-hydrogen) atoms. The molecule has 136 valence electrons. The fraction of sp³-hybridized carbons (Fsp3) is 0.550. The zero-order valence-electron chi connectivity index (χ0n) is 15.3. The summed E-state index contributed by atoms with van der Waals surface area (Å²) in [4.78, 5) is 17.0. The lowest BCUT2D eigenvalue weighted by atomic mass is 10.1. The standard InChI is InChI=1S/C20H29N3O2/c1-3-17(15-24)22-9-11-23(12-10-22)20(25)13-16-14-21(4-2)19-8-6-5-7-18(16)19/h5-8,14,17,24H,3-4,9-13,15H2,1-2H3. The maximum absolute atomic E-state index is 12.8. The van der Waals surface area contributed by atoms with Crippen molar-refractivity contribution in [2.24, 2.45) is 0 Å². The molecule has 1 aliphatic heterocycles. The number of benzene rings is 1. The summed E-state index contributed by atoms with van der Waals surface area (Å²) >= 11 is 0. The van der Waals surface area contributed by atoms with Crippen molar-refractivity contribution in [2.75, 3.05) is 32.8 Å². The van der Waals surface area contributed by atoms with E-state index in [1.165, 1.54) is 10.9 Å². The molecule has 0 bridgehead atoms. The molecule has 3 rings (SSSR count). The SMILES string of the molecule is CCC(CO)N1CCN(C(=O)Cc2cn(CC)c3ccccc23)CC1. The Balaban J connectivity index is 1.66. The van der Waals surface area contributed by atoms with Crippen LogP contribution in [0, 0.1) is 0 Å². The Morgan fingerprint density at radius 1 is 1.16 bits per heavy atom. The van der Waals surface area contributed by atoms with Crippen LogP contribution in [-0.4, -0.2) is 64.2 Å². The highest BCUT2D eigenvalue weighted by atomic mass is 16.3. The van der Waals surface area contributed by atoms with Gasteiger partial charge < -0.3 is 14.6 Å². The normalized spacial score (nSPS) is 17.2. The Labute approximate surface area is 149 Å².